The van der Waals surface area contributed by atoms with E-state index in [-0.39, 0.29) is 0 Å². The number of aliphatic imine (C=N–C) groups is 1. The lowest BCUT2D eigenvalue weighted by Crippen LogP contribution is -2.61. The Morgan fingerprint density at radius 3 is 2.43 bits per heavy atom. The summed E-state index contributed by atoms with van der Waals surface area (Å²) < 4.78 is 75.6. The van der Waals surface area contributed by atoms with Crippen LogP contribution in [0.4, 0.5) is 17.6 Å². The fourth-order valence-electron chi connectivity index (χ4n) is 2.77. The van der Waals surface area contributed by atoms with Gasteiger partial charge in [-0.15, -0.1) is 11.8 Å². The first-order valence-electron chi connectivity index (χ1n) is 6.53. The van der Waals surface area contributed by atoms with Gasteiger partial charge in [0.1, 0.15) is 16.8 Å². The average molecular weight is 439 g/mol. The molecular weight excluding hydrogens is 424 g/mol. The second-order valence-corrected chi connectivity index (χ2v) is 11.1. The standard InChI is InChI=1S/C12H15BrF4N2O2S2/c1-10(8-6(14)3-7(13)22-8)5-23(20,21)11(2,9(18)19-10)4-12(15,16)17/h3,6,8H,4-5H2,1-2H3,(H2,18,19)/t6?,8?,10-,11-/m0/s1. The molecule has 0 spiro atoms. The number of hydrogen-bond donors (Lipinski definition) is 1. The summed E-state index contributed by atoms with van der Waals surface area (Å²) in [5, 5.41) is -0.874. The highest BCUT2D eigenvalue weighted by Crippen LogP contribution is 2.48. The van der Waals surface area contributed by atoms with Crippen LogP contribution in [0.15, 0.2) is 14.9 Å². The zero-order valence-electron chi connectivity index (χ0n) is 12.2. The number of nitrogens with zero attached hydrogens (tertiary/aromatic N) is 1. The number of rotatable bonds is 2. The van der Waals surface area contributed by atoms with E-state index in [1.807, 2.05) is 0 Å². The van der Waals surface area contributed by atoms with Gasteiger partial charge in [-0.05, 0) is 35.9 Å². The molecule has 0 radical (unpaired) electrons. The number of halogens is 5. The largest absolute Gasteiger partial charge is 0.391 e. The fourth-order valence-corrected chi connectivity index (χ4v) is 6.86. The maximum absolute atomic E-state index is 14.1. The van der Waals surface area contributed by atoms with Crippen molar-refractivity contribution in [2.75, 3.05) is 5.75 Å². The second-order valence-electron chi connectivity index (χ2n) is 6.09. The molecule has 0 aromatic rings. The smallest absolute Gasteiger partial charge is 0.386 e. The van der Waals surface area contributed by atoms with Crippen molar-refractivity contribution < 1.29 is 26.0 Å². The summed E-state index contributed by atoms with van der Waals surface area (Å²) in [6.45, 7) is 2.31. The third-order valence-corrected chi connectivity index (χ3v) is 8.95. The topological polar surface area (TPSA) is 72.5 Å². The molecule has 2 unspecified atom stereocenters. The predicted molar refractivity (Wildman–Crippen MR) is 86.2 cm³/mol. The van der Waals surface area contributed by atoms with Gasteiger partial charge in [-0.2, -0.15) is 13.2 Å². The van der Waals surface area contributed by atoms with Crippen LogP contribution < -0.4 is 5.73 Å². The molecule has 2 aliphatic heterocycles. The van der Waals surface area contributed by atoms with E-state index in [0.717, 1.165) is 18.7 Å². The van der Waals surface area contributed by atoms with E-state index < -0.39 is 55.7 Å². The molecule has 0 bridgehead atoms. The van der Waals surface area contributed by atoms with E-state index >= 15 is 0 Å². The summed E-state index contributed by atoms with van der Waals surface area (Å²) >= 11 is 4.17. The van der Waals surface area contributed by atoms with Gasteiger partial charge >= 0.3 is 6.18 Å². The van der Waals surface area contributed by atoms with Gasteiger partial charge in [0.15, 0.2) is 9.84 Å². The number of thioether (sulfide) groups is 1. The number of amidine groups is 1. The minimum atomic E-state index is -4.72. The molecule has 0 aromatic heterocycles. The molecule has 0 aliphatic carbocycles. The molecule has 2 N–H and O–H groups in total. The Bertz CT molecular complexity index is 679. The Kier molecular flexibility index (Phi) is 4.65. The van der Waals surface area contributed by atoms with Crippen molar-refractivity contribution in [2.45, 2.75) is 48.2 Å². The van der Waals surface area contributed by atoms with Crippen molar-refractivity contribution in [1.82, 2.24) is 0 Å². The number of alkyl halides is 4. The molecule has 0 amide bonds. The molecule has 23 heavy (non-hydrogen) atoms. The van der Waals surface area contributed by atoms with Crippen molar-refractivity contribution in [3.05, 3.63) is 9.89 Å². The van der Waals surface area contributed by atoms with Gasteiger partial charge in [-0.3, -0.25) is 4.99 Å². The number of hydrogen-bond acceptors (Lipinski definition) is 5. The molecule has 0 saturated heterocycles. The molecule has 0 saturated carbocycles. The minimum absolute atomic E-state index is 0.492. The lowest BCUT2D eigenvalue weighted by Gasteiger charge is -2.42. The summed E-state index contributed by atoms with van der Waals surface area (Å²) in [5.41, 5.74) is 4.19. The lowest BCUT2D eigenvalue weighted by molar-refractivity contribution is -0.137. The summed E-state index contributed by atoms with van der Waals surface area (Å²) in [6.07, 6.45) is -6.54. The van der Waals surface area contributed by atoms with Crippen LogP contribution in [0.1, 0.15) is 20.3 Å². The van der Waals surface area contributed by atoms with Gasteiger partial charge in [0, 0.05) is 3.81 Å². The highest BCUT2D eigenvalue weighted by Gasteiger charge is 2.58. The van der Waals surface area contributed by atoms with E-state index in [0.29, 0.717) is 3.81 Å². The highest BCUT2D eigenvalue weighted by atomic mass is 79.9. The van der Waals surface area contributed by atoms with Crippen molar-refractivity contribution in [3.63, 3.8) is 0 Å². The summed E-state index contributed by atoms with van der Waals surface area (Å²) in [7, 11) is -4.29. The minimum Gasteiger partial charge on any atom is -0.386 e. The SMILES string of the molecule is C[C@]1(CC(F)(F)F)C(N)=N[C@](C)(C2SC(Br)=CC2F)CS1(=O)=O. The lowest BCUT2D eigenvalue weighted by atomic mass is 9.95. The Morgan fingerprint density at radius 2 is 2.04 bits per heavy atom. The van der Waals surface area contributed by atoms with Crippen LogP contribution in [0.5, 0.6) is 0 Å². The van der Waals surface area contributed by atoms with Crippen LogP contribution in [0.3, 0.4) is 0 Å². The molecule has 2 heterocycles. The summed E-state index contributed by atoms with van der Waals surface area (Å²) in [5.74, 6) is -1.32. The van der Waals surface area contributed by atoms with Gasteiger partial charge < -0.3 is 5.73 Å². The molecular formula is C12H15BrF4N2O2S2. The molecule has 2 aliphatic rings. The first kappa shape index (κ1) is 19.0. The van der Waals surface area contributed by atoms with E-state index in [2.05, 4.69) is 20.9 Å². The van der Waals surface area contributed by atoms with Gasteiger partial charge in [0.2, 0.25) is 0 Å². The van der Waals surface area contributed by atoms with E-state index in [4.69, 9.17) is 5.73 Å². The summed E-state index contributed by atoms with van der Waals surface area (Å²) in [4.78, 5) is 4.01. The van der Waals surface area contributed by atoms with Gasteiger partial charge in [-0.25, -0.2) is 12.8 Å². The molecule has 11 heteroatoms. The normalized spacial score (nSPS) is 40.7. The van der Waals surface area contributed by atoms with Crippen LogP contribution >= 0.6 is 27.7 Å². The zero-order valence-corrected chi connectivity index (χ0v) is 15.4. The summed E-state index contributed by atoms with van der Waals surface area (Å²) in [6, 6.07) is 0. The van der Waals surface area contributed by atoms with Gasteiger partial charge in [-0.1, -0.05) is 0 Å². The maximum Gasteiger partial charge on any atom is 0.391 e. The number of allylic oxidation sites excluding steroid dienone is 1. The number of sulfone groups is 1. The zero-order chi connectivity index (χ0) is 17.8. The Hall–Kier alpha value is -0.290. The maximum atomic E-state index is 14.1. The monoisotopic (exact) mass is 438 g/mol. The van der Waals surface area contributed by atoms with Gasteiger partial charge in [0.05, 0.1) is 23.0 Å². The van der Waals surface area contributed by atoms with E-state index in [1.165, 1.54) is 13.0 Å². The molecule has 2 rings (SSSR count). The molecule has 0 fully saturated rings. The third kappa shape index (κ3) is 3.41. The van der Waals surface area contributed by atoms with Crippen molar-refractivity contribution in [3.8, 4) is 0 Å². The van der Waals surface area contributed by atoms with Crippen LogP contribution in [0, 0.1) is 0 Å². The van der Waals surface area contributed by atoms with Crippen molar-refractivity contribution in [1.29, 1.82) is 0 Å². The van der Waals surface area contributed by atoms with Crippen LogP contribution in [-0.2, 0) is 9.84 Å². The van der Waals surface area contributed by atoms with E-state index in [1.54, 1.807) is 0 Å². The van der Waals surface area contributed by atoms with Crippen molar-refractivity contribution in [2.24, 2.45) is 10.7 Å². The average Bonchev–Trinajstić information content (AvgIpc) is 2.64. The molecule has 4 nitrogen and oxygen atoms in total. The first-order valence-corrected chi connectivity index (χ1v) is 9.86. The highest BCUT2D eigenvalue weighted by molar-refractivity contribution is 9.14. The van der Waals surface area contributed by atoms with Gasteiger partial charge in [0.25, 0.3) is 0 Å². The van der Waals surface area contributed by atoms with Crippen LogP contribution in [0.2, 0.25) is 0 Å². The molecule has 4 atom stereocenters. The Labute approximate surface area is 144 Å². The predicted octanol–water partition coefficient (Wildman–Crippen LogP) is 2.93. The molecule has 0 aromatic carbocycles. The first-order chi connectivity index (χ1) is 10.2. The second kappa shape index (κ2) is 5.62. The molecule has 132 valence electrons. The Balaban J connectivity index is 2.46. The van der Waals surface area contributed by atoms with Crippen LogP contribution in [-0.4, -0.2) is 47.9 Å². The fraction of sp³-hybridized carbons (Fsp3) is 0.750. The third-order valence-electron chi connectivity index (χ3n) is 4.06. The number of nitrogens with two attached hydrogens (primary N) is 1. The quantitative estimate of drug-likeness (QED) is 0.672. The van der Waals surface area contributed by atoms with Crippen molar-refractivity contribution >= 4 is 43.4 Å². The Morgan fingerprint density at radius 1 is 1.48 bits per heavy atom. The van der Waals surface area contributed by atoms with E-state index in [9.17, 15) is 26.0 Å². The van der Waals surface area contributed by atoms with Crippen LogP contribution in [0.25, 0.3) is 0 Å².